The Kier molecular flexibility index (Phi) is 5.11. The minimum absolute atomic E-state index is 0.390. The van der Waals surface area contributed by atoms with Crippen molar-refractivity contribution < 1.29 is 0 Å². The van der Waals surface area contributed by atoms with Gasteiger partial charge in [0, 0.05) is 23.5 Å². The molecule has 2 rings (SSSR count). The van der Waals surface area contributed by atoms with Gasteiger partial charge in [-0.05, 0) is 43.5 Å². The van der Waals surface area contributed by atoms with Crippen LogP contribution in [0, 0.1) is 13.8 Å². The summed E-state index contributed by atoms with van der Waals surface area (Å²) < 4.78 is 0. The van der Waals surface area contributed by atoms with E-state index in [0.29, 0.717) is 6.04 Å². The van der Waals surface area contributed by atoms with Crippen molar-refractivity contribution >= 4 is 11.3 Å². The van der Waals surface area contributed by atoms with Gasteiger partial charge in [-0.3, -0.25) is 4.98 Å². The van der Waals surface area contributed by atoms with Crippen LogP contribution in [0.3, 0.4) is 0 Å². The van der Waals surface area contributed by atoms with Gasteiger partial charge in [-0.25, -0.2) is 0 Å². The highest BCUT2D eigenvalue weighted by Crippen LogP contribution is 2.26. The van der Waals surface area contributed by atoms with Crippen molar-refractivity contribution in [3.05, 3.63) is 51.5 Å². The third-order valence-electron chi connectivity index (χ3n) is 3.42. The van der Waals surface area contributed by atoms with Gasteiger partial charge in [0.15, 0.2) is 0 Å². The van der Waals surface area contributed by atoms with Crippen LogP contribution in [0.15, 0.2) is 29.9 Å². The van der Waals surface area contributed by atoms with Crippen molar-refractivity contribution in [1.29, 1.82) is 0 Å². The molecule has 0 aliphatic rings. The van der Waals surface area contributed by atoms with E-state index < -0.39 is 0 Å². The number of rotatable bonds is 6. The van der Waals surface area contributed by atoms with Crippen LogP contribution >= 0.6 is 11.3 Å². The van der Waals surface area contributed by atoms with Crippen LogP contribution in [0.4, 0.5) is 0 Å². The molecule has 0 saturated carbocycles. The average Bonchev–Trinajstić information content (AvgIpc) is 2.88. The smallest absolute Gasteiger partial charge is 0.0794 e. The maximum absolute atomic E-state index is 4.18. The summed E-state index contributed by atoms with van der Waals surface area (Å²) in [4.78, 5) is 5.53. The Morgan fingerprint density at radius 1 is 1.26 bits per heavy atom. The number of hydrogen-bond donors (Lipinski definition) is 1. The summed E-state index contributed by atoms with van der Waals surface area (Å²) in [6, 6.07) is 6.94. The zero-order valence-corrected chi connectivity index (χ0v) is 12.8. The topological polar surface area (TPSA) is 24.9 Å². The molecule has 0 aliphatic carbocycles. The Bertz CT molecular complexity index is 485. The van der Waals surface area contributed by atoms with Crippen molar-refractivity contribution in [2.45, 2.75) is 39.7 Å². The molecule has 0 spiro atoms. The van der Waals surface area contributed by atoms with Crippen LogP contribution < -0.4 is 5.32 Å². The number of hydrogen-bond acceptors (Lipinski definition) is 3. The molecule has 0 aliphatic heterocycles. The predicted octanol–water partition coefficient (Wildman–Crippen LogP) is 4.04. The van der Waals surface area contributed by atoms with Gasteiger partial charge in [0.25, 0.3) is 0 Å². The Morgan fingerprint density at radius 3 is 2.58 bits per heavy atom. The highest BCUT2D eigenvalue weighted by molar-refractivity contribution is 7.09. The van der Waals surface area contributed by atoms with Gasteiger partial charge in [0.05, 0.1) is 5.51 Å². The van der Waals surface area contributed by atoms with Crippen molar-refractivity contribution in [3.63, 3.8) is 0 Å². The fraction of sp³-hybridized carbons (Fsp3) is 0.438. The van der Waals surface area contributed by atoms with Gasteiger partial charge >= 0.3 is 0 Å². The molecule has 0 bridgehead atoms. The van der Waals surface area contributed by atoms with Gasteiger partial charge in [-0.15, -0.1) is 11.3 Å². The summed E-state index contributed by atoms with van der Waals surface area (Å²) in [7, 11) is 0. The second-order valence-electron chi connectivity index (χ2n) is 4.98. The van der Waals surface area contributed by atoms with Gasteiger partial charge in [0.1, 0.15) is 0 Å². The van der Waals surface area contributed by atoms with Gasteiger partial charge in [0.2, 0.25) is 0 Å². The number of aryl methyl sites for hydroxylation is 2. The first-order chi connectivity index (χ1) is 9.22. The largest absolute Gasteiger partial charge is 0.310 e. The molecule has 2 nitrogen and oxygen atoms in total. The number of thiazole rings is 1. The molecular weight excluding hydrogens is 252 g/mol. The lowest BCUT2D eigenvalue weighted by Crippen LogP contribution is -2.25. The molecule has 0 fully saturated rings. The fourth-order valence-electron chi connectivity index (χ4n) is 2.52. The van der Waals surface area contributed by atoms with E-state index in [-0.39, 0.29) is 0 Å². The molecule has 1 atom stereocenters. The van der Waals surface area contributed by atoms with Crippen molar-refractivity contribution in [1.82, 2.24) is 10.3 Å². The summed E-state index contributed by atoms with van der Waals surface area (Å²) >= 11 is 1.74. The van der Waals surface area contributed by atoms with E-state index in [1.165, 1.54) is 21.6 Å². The Hall–Kier alpha value is -1.19. The molecule has 2 aromatic rings. The third kappa shape index (κ3) is 3.64. The second kappa shape index (κ2) is 6.83. The molecule has 0 saturated heterocycles. The van der Waals surface area contributed by atoms with Crippen molar-refractivity contribution in [2.75, 3.05) is 6.54 Å². The van der Waals surface area contributed by atoms with E-state index in [9.17, 15) is 0 Å². The first-order valence-corrected chi connectivity index (χ1v) is 7.77. The maximum Gasteiger partial charge on any atom is 0.0794 e. The van der Waals surface area contributed by atoms with Gasteiger partial charge in [-0.1, -0.05) is 25.1 Å². The van der Waals surface area contributed by atoms with Crippen LogP contribution in [0.1, 0.15) is 41.0 Å². The van der Waals surface area contributed by atoms with Crippen molar-refractivity contribution in [3.8, 4) is 0 Å². The van der Waals surface area contributed by atoms with Crippen LogP contribution in [-0.2, 0) is 6.42 Å². The first-order valence-electron chi connectivity index (χ1n) is 6.89. The lowest BCUT2D eigenvalue weighted by molar-refractivity contribution is 0.527. The highest BCUT2D eigenvalue weighted by atomic mass is 32.1. The summed E-state index contributed by atoms with van der Waals surface area (Å²) in [5, 5.41) is 3.68. The fourth-order valence-corrected chi connectivity index (χ4v) is 3.16. The van der Waals surface area contributed by atoms with E-state index in [1.54, 1.807) is 11.3 Å². The first kappa shape index (κ1) is 14.2. The Balaban J connectivity index is 2.26. The standard InChI is InChI=1S/C16H22N2S/c1-4-8-18-15(9-14-10-17-11-19-14)16-12(2)6-5-7-13(16)3/h5-7,10-11,15,18H,4,8-9H2,1-3H3. The van der Waals surface area contributed by atoms with Gasteiger partial charge < -0.3 is 5.32 Å². The molecule has 1 aromatic carbocycles. The second-order valence-corrected chi connectivity index (χ2v) is 5.95. The van der Waals surface area contributed by atoms with E-state index >= 15 is 0 Å². The van der Waals surface area contributed by atoms with Crippen LogP contribution in [0.25, 0.3) is 0 Å². The molecule has 0 amide bonds. The molecule has 1 N–H and O–H groups in total. The molecule has 19 heavy (non-hydrogen) atoms. The Morgan fingerprint density at radius 2 is 2.00 bits per heavy atom. The minimum atomic E-state index is 0.390. The highest BCUT2D eigenvalue weighted by Gasteiger charge is 2.16. The summed E-state index contributed by atoms with van der Waals surface area (Å²) in [6.07, 6.45) is 4.17. The molecule has 0 radical (unpaired) electrons. The number of nitrogens with zero attached hydrogens (tertiary/aromatic N) is 1. The lowest BCUT2D eigenvalue weighted by atomic mass is 9.93. The van der Waals surface area contributed by atoms with Crippen LogP contribution in [0.5, 0.6) is 0 Å². The zero-order chi connectivity index (χ0) is 13.7. The van der Waals surface area contributed by atoms with Crippen molar-refractivity contribution in [2.24, 2.45) is 0 Å². The molecule has 1 heterocycles. The summed E-state index contributed by atoms with van der Waals surface area (Å²) in [6.45, 7) is 7.67. The molecule has 1 aromatic heterocycles. The lowest BCUT2D eigenvalue weighted by Gasteiger charge is -2.22. The van der Waals surface area contributed by atoms with E-state index in [1.807, 2.05) is 11.7 Å². The summed E-state index contributed by atoms with van der Waals surface area (Å²) in [5.41, 5.74) is 6.11. The van der Waals surface area contributed by atoms with Crippen LogP contribution in [0.2, 0.25) is 0 Å². The molecule has 1 unspecified atom stereocenters. The maximum atomic E-state index is 4.18. The normalized spacial score (nSPS) is 12.6. The molecule has 102 valence electrons. The number of aromatic nitrogens is 1. The quantitative estimate of drug-likeness (QED) is 0.860. The zero-order valence-electron chi connectivity index (χ0n) is 11.9. The third-order valence-corrected chi connectivity index (χ3v) is 4.22. The predicted molar refractivity (Wildman–Crippen MR) is 82.8 cm³/mol. The molecule has 3 heteroatoms. The van der Waals surface area contributed by atoms with E-state index in [2.05, 4.69) is 49.3 Å². The number of nitrogens with one attached hydrogen (secondary N) is 1. The Labute approximate surface area is 119 Å². The summed E-state index contributed by atoms with van der Waals surface area (Å²) in [5.74, 6) is 0. The van der Waals surface area contributed by atoms with E-state index in [0.717, 1.165) is 19.4 Å². The van der Waals surface area contributed by atoms with Gasteiger partial charge in [-0.2, -0.15) is 0 Å². The van der Waals surface area contributed by atoms with E-state index in [4.69, 9.17) is 0 Å². The SMILES string of the molecule is CCCNC(Cc1cncs1)c1c(C)cccc1C. The monoisotopic (exact) mass is 274 g/mol. The van der Waals surface area contributed by atoms with Crippen LogP contribution in [-0.4, -0.2) is 11.5 Å². The minimum Gasteiger partial charge on any atom is -0.310 e. The average molecular weight is 274 g/mol. The molecular formula is C16H22N2S. The number of benzene rings is 1.